The van der Waals surface area contributed by atoms with Gasteiger partial charge in [-0.25, -0.2) is 9.17 Å². The first-order valence-electron chi connectivity index (χ1n) is 4.27. The molecule has 0 radical (unpaired) electrons. The minimum Gasteiger partial charge on any atom is -0.485 e. The van der Waals surface area contributed by atoms with Crippen LogP contribution < -0.4 is 4.74 Å². The standard InChI is InChI=1S/C8H10ClNO5S/c1-6(5-14-16(11,12)13)15-7-3-2-4-10-8(7)9/h2-4,6H,5H2,1H3,(H,11,12,13). The van der Waals surface area contributed by atoms with Gasteiger partial charge in [-0.05, 0) is 19.1 Å². The average molecular weight is 268 g/mol. The number of hydrogen-bond acceptors (Lipinski definition) is 5. The van der Waals surface area contributed by atoms with E-state index in [1.165, 1.54) is 6.20 Å². The molecule has 0 aliphatic heterocycles. The third-order valence-electron chi connectivity index (χ3n) is 1.50. The van der Waals surface area contributed by atoms with Crippen LogP contribution in [0, 0.1) is 0 Å². The molecule has 0 aliphatic rings. The predicted octanol–water partition coefficient (Wildman–Crippen LogP) is 1.32. The van der Waals surface area contributed by atoms with Gasteiger partial charge >= 0.3 is 10.4 Å². The van der Waals surface area contributed by atoms with Crippen LogP contribution in [0.5, 0.6) is 5.75 Å². The first-order valence-corrected chi connectivity index (χ1v) is 6.02. The molecule has 90 valence electrons. The lowest BCUT2D eigenvalue weighted by atomic mass is 10.4. The molecule has 1 unspecified atom stereocenters. The second-order valence-corrected chi connectivity index (χ2v) is 4.38. The first kappa shape index (κ1) is 13.2. The highest BCUT2D eigenvalue weighted by molar-refractivity contribution is 7.80. The minimum absolute atomic E-state index is 0.168. The Kier molecular flexibility index (Phi) is 4.48. The second-order valence-electron chi connectivity index (χ2n) is 2.93. The van der Waals surface area contributed by atoms with E-state index in [9.17, 15) is 8.42 Å². The van der Waals surface area contributed by atoms with Crippen molar-refractivity contribution in [2.45, 2.75) is 13.0 Å². The highest BCUT2D eigenvalue weighted by Crippen LogP contribution is 2.21. The Labute approximate surface area is 98.1 Å². The Morgan fingerprint density at radius 1 is 1.62 bits per heavy atom. The Bertz CT molecular complexity index is 449. The van der Waals surface area contributed by atoms with Crippen molar-refractivity contribution in [3.05, 3.63) is 23.5 Å². The molecule has 8 heteroatoms. The highest BCUT2D eigenvalue weighted by Gasteiger charge is 2.12. The third-order valence-corrected chi connectivity index (χ3v) is 2.22. The van der Waals surface area contributed by atoms with Gasteiger partial charge in [0, 0.05) is 6.20 Å². The predicted molar refractivity (Wildman–Crippen MR) is 56.8 cm³/mol. The Morgan fingerprint density at radius 2 is 2.31 bits per heavy atom. The van der Waals surface area contributed by atoms with E-state index in [2.05, 4.69) is 9.17 Å². The van der Waals surface area contributed by atoms with E-state index in [4.69, 9.17) is 20.9 Å². The summed E-state index contributed by atoms with van der Waals surface area (Å²) in [5, 5.41) is 0.168. The number of nitrogens with zero attached hydrogens (tertiary/aromatic N) is 1. The van der Waals surface area contributed by atoms with Crippen molar-refractivity contribution >= 4 is 22.0 Å². The summed E-state index contributed by atoms with van der Waals surface area (Å²) >= 11 is 5.71. The van der Waals surface area contributed by atoms with Gasteiger partial charge in [0.1, 0.15) is 12.7 Å². The molecular weight excluding hydrogens is 258 g/mol. The summed E-state index contributed by atoms with van der Waals surface area (Å²) in [5.74, 6) is 0.315. The molecule has 1 aromatic rings. The van der Waals surface area contributed by atoms with Gasteiger partial charge in [-0.1, -0.05) is 11.6 Å². The number of halogens is 1. The van der Waals surface area contributed by atoms with Gasteiger partial charge in [0.2, 0.25) is 0 Å². The highest BCUT2D eigenvalue weighted by atomic mass is 35.5. The van der Waals surface area contributed by atoms with Crippen molar-refractivity contribution < 1.29 is 21.9 Å². The van der Waals surface area contributed by atoms with E-state index in [-0.39, 0.29) is 11.8 Å². The molecule has 1 rings (SSSR count). The normalized spacial score (nSPS) is 13.4. The minimum atomic E-state index is -4.45. The zero-order valence-electron chi connectivity index (χ0n) is 8.33. The molecule has 0 aliphatic carbocycles. The van der Waals surface area contributed by atoms with Gasteiger partial charge < -0.3 is 4.74 Å². The fourth-order valence-corrected chi connectivity index (χ4v) is 1.42. The van der Waals surface area contributed by atoms with Crippen molar-refractivity contribution in [3.63, 3.8) is 0 Å². The van der Waals surface area contributed by atoms with E-state index in [0.29, 0.717) is 5.75 Å². The van der Waals surface area contributed by atoms with Crippen LogP contribution in [0.4, 0.5) is 0 Å². The number of aromatic nitrogens is 1. The lowest BCUT2D eigenvalue weighted by Gasteiger charge is -2.13. The van der Waals surface area contributed by atoms with Crippen molar-refractivity contribution in [1.29, 1.82) is 0 Å². The largest absolute Gasteiger partial charge is 0.485 e. The maximum atomic E-state index is 10.3. The molecule has 0 bridgehead atoms. The van der Waals surface area contributed by atoms with Crippen LogP contribution in [0.3, 0.4) is 0 Å². The molecule has 1 N–H and O–H groups in total. The SMILES string of the molecule is CC(COS(=O)(=O)O)Oc1cccnc1Cl. The average Bonchev–Trinajstić information content (AvgIpc) is 2.18. The fraction of sp³-hybridized carbons (Fsp3) is 0.375. The van der Waals surface area contributed by atoms with E-state index >= 15 is 0 Å². The summed E-state index contributed by atoms with van der Waals surface area (Å²) in [6, 6.07) is 3.21. The Hall–Kier alpha value is -0.890. The molecule has 16 heavy (non-hydrogen) atoms. The van der Waals surface area contributed by atoms with E-state index in [0.717, 1.165) is 0 Å². The lowest BCUT2D eigenvalue weighted by Crippen LogP contribution is -2.21. The molecule has 1 atom stereocenters. The maximum absolute atomic E-state index is 10.3. The first-order chi connectivity index (χ1) is 7.38. The molecule has 0 aromatic carbocycles. The van der Waals surface area contributed by atoms with E-state index < -0.39 is 16.5 Å². The van der Waals surface area contributed by atoms with Gasteiger partial charge in [-0.15, -0.1) is 0 Å². The van der Waals surface area contributed by atoms with Crippen LogP contribution in [0.1, 0.15) is 6.92 Å². The van der Waals surface area contributed by atoms with E-state index in [1.54, 1.807) is 19.1 Å². The van der Waals surface area contributed by atoms with Crippen molar-refractivity contribution in [2.75, 3.05) is 6.61 Å². The van der Waals surface area contributed by atoms with Crippen LogP contribution in [-0.2, 0) is 14.6 Å². The number of pyridine rings is 1. The number of ether oxygens (including phenoxy) is 1. The van der Waals surface area contributed by atoms with Gasteiger partial charge in [0.05, 0.1) is 0 Å². The molecule has 0 saturated carbocycles. The quantitative estimate of drug-likeness (QED) is 0.640. The molecule has 0 saturated heterocycles. The maximum Gasteiger partial charge on any atom is 0.397 e. The van der Waals surface area contributed by atoms with Gasteiger partial charge in [-0.3, -0.25) is 4.55 Å². The zero-order chi connectivity index (χ0) is 12.2. The smallest absolute Gasteiger partial charge is 0.397 e. The van der Waals surface area contributed by atoms with Crippen molar-refractivity contribution in [3.8, 4) is 5.75 Å². The summed E-state index contributed by atoms with van der Waals surface area (Å²) in [7, 11) is -4.45. The number of rotatable bonds is 5. The van der Waals surface area contributed by atoms with Crippen molar-refractivity contribution in [1.82, 2.24) is 4.98 Å². The molecular formula is C8H10ClNO5S. The van der Waals surface area contributed by atoms with Crippen LogP contribution in [0.15, 0.2) is 18.3 Å². The molecule has 6 nitrogen and oxygen atoms in total. The van der Waals surface area contributed by atoms with Crippen LogP contribution in [0.2, 0.25) is 5.15 Å². The number of hydrogen-bond donors (Lipinski definition) is 1. The lowest BCUT2D eigenvalue weighted by molar-refractivity contribution is 0.136. The van der Waals surface area contributed by atoms with Crippen molar-refractivity contribution in [2.24, 2.45) is 0 Å². The fourth-order valence-electron chi connectivity index (χ4n) is 0.892. The molecule has 0 spiro atoms. The van der Waals surface area contributed by atoms with Crippen LogP contribution >= 0.6 is 11.6 Å². The van der Waals surface area contributed by atoms with Gasteiger partial charge in [0.25, 0.3) is 0 Å². The van der Waals surface area contributed by atoms with Gasteiger partial charge in [0.15, 0.2) is 10.9 Å². The van der Waals surface area contributed by atoms with Gasteiger partial charge in [-0.2, -0.15) is 8.42 Å². The third kappa shape index (κ3) is 4.75. The molecule has 0 amide bonds. The second kappa shape index (κ2) is 5.44. The Balaban J connectivity index is 2.52. The summed E-state index contributed by atoms with van der Waals surface area (Å²) in [5.41, 5.74) is 0. The molecule has 0 fully saturated rings. The zero-order valence-corrected chi connectivity index (χ0v) is 9.90. The Morgan fingerprint density at radius 3 is 2.88 bits per heavy atom. The monoisotopic (exact) mass is 267 g/mol. The summed E-state index contributed by atoms with van der Waals surface area (Å²) in [4.78, 5) is 3.77. The topological polar surface area (TPSA) is 85.7 Å². The summed E-state index contributed by atoms with van der Waals surface area (Å²) in [6.45, 7) is 1.25. The van der Waals surface area contributed by atoms with Crippen LogP contribution in [0.25, 0.3) is 0 Å². The summed E-state index contributed by atoms with van der Waals surface area (Å²) < 4.78 is 38.3. The summed E-state index contributed by atoms with van der Waals surface area (Å²) in [6.07, 6.45) is 0.901. The van der Waals surface area contributed by atoms with E-state index in [1.807, 2.05) is 0 Å². The molecule has 1 aromatic heterocycles. The van der Waals surface area contributed by atoms with Crippen LogP contribution in [-0.4, -0.2) is 30.7 Å². The molecule has 1 heterocycles.